The van der Waals surface area contributed by atoms with Gasteiger partial charge in [-0.05, 0) is 27.9 Å². The molecule has 1 aromatic rings. The predicted octanol–water partition coefficient (Wildman–Crippen LogP) is 3.66. The summed E-state index contributed by atoms with van der Waals surface area (Å²) in [4.78, 5) is 8.96. The molecule has 1 heterocycles. The second-order valence-electron chi connectivity index (χ2n) is 4.84. The SMILES string of the molecule is CC(C)c1cc(Br)nc(C(C)(C)C)n1. The van der Waals surface area contributed by atoms with Crippen LogP contribution in [0.3, 0.4) is 0 Å². The summed E-state index contributed by atoms with van der Waals surface area (Å²) in [5.74, 6) is 1.34. The summed E-state index contributed by atoms with van der Waals surface area (Å²) in [6.45, 7) is 10.7. The first-order valence-corrected chi connectivity index (χ1v) is 5.65. The van der Waals surface area contributed by atoms with Crippen LogP contribution in [-0.4, -0.2) is 9.97 Å². The second-order valence-corrected chi connectivity index (χ2v) is 5.66. The highest BCUT2D eigenvalue weighted by Crippen LogP contribution is 2.23. The number of rotatable bonds is 1. The van der Waals surface area contributed by atoms with E-state index in [-0.39, 0.29) is 5.41 Å². The summed E-state index contributed by atoms with van der Waals surface area (Å²) in [6.07, 6.45) is 0. The summed E-state index contributed by atoms with van der Waals surface area (Å²) >= 11 is 3.42. The van der Waals surface area contributed by atoms with Crippen molar-refractivity contribution in [1.29, 1.82) is 0 Å². The molecular weight excluding hydrogens is 240 g/mol. The highest BCUT2D eigenvalue weighted by Gasteiger charge is 2.19. The third kappa shape index (κ3) is 2.77. The van der Waals surface area contributed by atoms with Crippen LogP contribution in [0, 0.1) is 0 Å². The fourth-order valence-electron chi connectivity index (χ4n) is 1.07. The first-order valence-electron chi connectivity index (χ1n) is 4.85. The molecular formula is C11H17BrN2. The van der Waals surface area contributed by atoms with Crippen LogP contribution in [0.2, 0.25) is 0 Å². The van der Waals surface area contributed by atoms with Crippen LogP contribution in [0.4, 0.5) is 0 Å². The van der Waals surface area contributed by atoms with Gasteiger partial charge in [0.05, 0.1) is 0 Å². The number of hydrogen-bond acceptors (Lipinski definition) is 2. The van der Waals surface area contributed by atoms with Crippen LogP contribution in [0.15, 0.2) is 10.7 Å². The molecule has 0 aliphatic carbocycles. The molecule has 1 rings (SSSR count). The molecule has 0 saturated heterocycles. The van der Waals surface area contributed by atoms with Crippen molar-refractivity contribution in [3.8, 4) is 0 Å². The molecule has 0 atom stereocenters. The number of halogens is 1. The van der Waals surface area contributed by atoms with E-state index in [4.69, 9.17) is 0 Å². The number of nitrogens with zero attached hydrogens (tertiary/aromatic N) is 2. The zero-order chi connectivity index (χ0) is 10.9. The minimum Gasteiger partial charge on any atom is -0.237 e. The van der Waals surface area contributed by atoms with Gasteiger partial charge in [0.25, 0.3) is 0 Å². The summed E-state index contributed by atoms with van der Waals surface area (Å²) in [5, 5.41) is 0. The largest absolute Gasteiger partial charge is 0.237 e. The molecule has 0 spiro atoms. The Morgan fingerprint density at radius 2 is 1.79 bits per heavy atom. The van der Waals surface area contributed by atoms with E-state index in [0.29, 0.717) is 5.92 Å². The Morgan fingerprint density at radius 3 is 2.21 bits per heavy atom. The molecule has 0 fully saturated rings. The van der Waals surface area contributed by atoms with E-state index in [0.717, 1.165) is 16.1 Å². The van der Waals surface area contributed by atoms with Crippen LogP contribution in [0.5, 0.6) is 0 Å². The van der Waals surface area contributed by atoms with Crippen molar-refractivity contribution in [3.63, 3.8) is 0 Å². The molecule has 0 bridgehead atoms. The third-order valence-electron chi connectivity index (χ3n) is 1.98. The lowest BCUT2D eigenvalue weighted by Crippen LogP contribution is -2.17. The molecule has 0 aliphatic heterocycles. The van der Waals surface area contributed by atoms with Crippen molar-refractivity contribution in [2.45, 2.75) is 46.0 Å². The normalized spacial score (nSPS) is 12.2. The monoisotopic (exact) mass is 256 g/mol. The first-order chi connectivity index (χ1) is 6.30. The fourth-order valence-corrected chi connectivity index (χ4v) is 1.47. The van der Waals surface area contributed by atoms with Crippen molar-refractivity contribution in [1.82, 2.24) is 9.97 Å². The minimum atomic E-state index is 0.00736. The predicted molar refractivity (Wildman–Crippen MR) is 62.5 cm³/mol. The van der Waals surface area contributed by atoms with Gasteiger partial charge in [-0.1, -0.05) is 34.6 Å². The van der Waals surface area contributed by atoms with E-state index >= 15 is 0 Å². The molecule has 1 aromatic heterocycles. The van der Waals surface area contributed by atoms with Crippen LogP contribution in [0.25, 0.3) is 0 Å². The quantitative estimate of drug-likeness (QED) is 0.717. The van der Waals surface area contributed by atoms with Gasteiger partial charge in [0.1, 0.15) is 10.4 Å². The molecule has 0 saturated carbocycles. The maximum atomic E-state index is 4.56. The summed E-state index contributed by atoms with van der Waals surface area (Å²) in [6, 6.07) is 1.99. The Morgan fingerprint density at radius 1 is 1.21 bits per heavy atom. The molecule has 78 valence electrons. The Bertz CT molecular complexity index is 327. The average molecular weight is 257 g/mol. The zero-order valence-corrected chi connectivity index (χ0v) is 11.0. The minimum absolute atomic E-state index is 0.00736. The van der Waals surface area contributed by atoms with Crippen molar-refractivity contribution in [2.24, 2.45) is 0 Å². The Balaban J connectivity index is 3.21. The van der Waals surface area contributed by atoms with Gasteiger partial charge >= 0.3 is 0 Å². The first kappa shape index (κ1) is 11.6. The van der Waals surface area contributed by atoms with Gasteiger partial charge in [-0.15, -0.1) is 0 Å². The molecule has 0 unspecified atom stereocenters. The maximum absolute atomic E-state index is 4.56. The molecule has 0 aromatic carbocycles. The molecule has 0 aliphatic rings. The van der Waals surface area contributed by atoms with Gasteiger partial charge in [-0.2, -0.15) is 0 Å². The van der Waals surface area contributed by atoms with Crippen LogP contribution < -0.4 is 0 Å². The lowest BCUT2D eigenvalue weighted by atomic mass is 9.95. The van der Waals surface area contributed by atoms with E-state index in [1.54, 1.807) is 0 Å². The third-order valence-corrected chi connectivity index (χ3v) is 2.38. The maximum Gasteiger partial charge on any atom is 0.135 e. The zero-order valence-electron chi connectivity index (χ0n) is 9.43. The molecule has 0 amide bonds. The van der Waals surface area contributed by atoms with Crippen molar-refractivity contribution < 1.29 is 0 Å². The van der Waals surface area contributed by atoms with Crippen molar-refractivity contribution in [2.75, 3.05) is 0 Å². The summed E-state index contributed by atoms with van der Waals surface area (Å²) in [5.41, 5.74) is 1.10. The van der Waals surface area contributed by atoms with Gasteiger partial charge in [0.15, 0.2) is 0 Å². The van der Waals surface area contributed by atoms with Crippen LogP contribution in [0.1, 0.15) is 52.1 Å². The van der Waals surface area contributed by atoms with Gasteiger partial charge in [-0.3, -0.25) is 0 Å². The van der Waals surface area contributed by atoms with Gasteiger partial charge in [0.2, 0.25) is 0 Å². The van der Waals surface area contributed by atoms with E-state index in [2.05, 4.69) is 60.5 Å². The van der Waals surface area contributed by atoms with Crippen LogP contribution >= 0.6 is 15.9 Å². The molecule has 3 heteroatoms. The van der Waals surface area contributed by atoms with E-state index in [9.17, 15) is 0 Å². The lowest BCUT2D eigenvalue weighted by Gasteiger charge is -2.18. The molecule has 2 nitrogen and oxygen atoms in total. The number of aromatic nitrogens is 2. The lowest BCUT2D eigenvalue weighted by molar-refractivity contribution is 0.537. The van der Waals surface area contributed by atoms with Crippen LogP contribution in [-0.2, 0) is 5.41 Å². The van der Waals surface area contributed by atoms with Crippen molar-refractivity contribution in [3.05, 3.63) is 22.2 Å². The fraction of sp³-hybridized carbons (Fsp3) is 0.636. The molecule has 0 radical (unpaired) electrons. The summed E-state index contributed by atoms with van der Waals surface area (Å²) < 4.78 is 0.876. The standard InChI is InChI=1S/C11H17BrN2/c1-7(2)8-6-9(12)14-10(13-8)11(3,4)5/h6-7H,1-5H3. The molecule has 0 N–H and O–H groups in total. The molecule has 14 heavy (non-hydrogen) atoms. The Hall–Kier alpha value is -0.440. The second kappa shape index (κ2) is 3.97. The average Bonchev–Trinajstić information content (AvgIpc) is 2.01. The Kier molecular flexibility index (Phi) is 3.30. The Labute approximate surface area is 94.3 Å². The van der Waals surface area contributed by atoms with Crippen molar-refractivity contribution >= 4 is 15.9 Å². The van der Waals surface area contributed by atoms with Gasteiger partial charge in [-0.25, -0.2) is 9.97 Å². The van der Waals surface area contributed by atoms with Gasteiger partial charge in [0, 0.05) is 11.1 Å². The van der Waals surface area contributed by atoms with E-state index in [1.165, 1.54) is 0 Å². The van der Waals surface area contributed by atoms with E-state index < -0.39 is 0 Å². The summed E-state index contributed by atoms with van der Waals surface area (Å²) in [7, 11) is 0. The smallest absolute Gasteiger partial charge is 0.135 e. The highest BCUT2D eigenvalue weighted by atomic mass is 79.9. The van der Waals surface area contributed by atoms with Gasteiger partial charge < -0.3 is 0 Å². The topological polar surface area (TPSA) is 25.8 Å². The van der Waals surface area contributed by atoms with E-state index in [1.807, 2.05) is 6.07 Å². The highest BCUT2D eigenvalue weighted by molar-refractivity contribution is 9.10. The number of hydrogen-bond donors (Lipinski definition) is 0.